The number of carbonyl (C=O) groups is 1. The molecule has 7 heteroatoms. The molecule has 0 atom stereocenters. The lowest BCUT2D eigenvalue weighted by Crippen LogP contribution is -2.37. The van der Waals surface area contributed by atoms with Gasteiger partial charge in [0.05, 0.1) is 0 Å². The van der Waals surface area contributed by atoms with Gasteiger partial charge in [-0.05, 0) is 56.4 Å². The molecule has 1 aliphatic rings. The zero-order chi connectivity index (χ0) is 21.3. The van der Waals surface area contributed by atoms with E-state index in [1.54, 1.807) is 7.05 Å². The number of amides is 2. The van der Waals surface area contributed by atoms with Gasteiger partial charge in [0.2, 0.25) is 0 Å². The summed E-state index contributed by atoms with van der Waals surface area (Å²) in [5, 5.41) is 9.72. The van der Waals surface area contributed by atoms with Gasteiger partial charge in [0.25, 0.3) is 0 Å². The number of nitrogens with one attached hydrogen (secondary N) is 3. The molecule has 0 bridgehead atoms. The monoisotopic (exact) mass is 535 g/mol. The van der Waals surface area contributed by atoms with Gasteiger partial charge >= 0.3 is 6.03 Å². The first-order chi connectivity index (χ1) is 14.5. The standard InChI is InChI=1S/C24H33N5O.HI/c1-18-13-19(2)15-20(14-18)9-10-26-23(25-3)27-17-21-7-6-8-22(16-21)28-24(30)29-11-4-5-12-29;/h6-8,13-16H,4-5,9-12,17H2,1-3H3,(H,28,30)(H2,25,26,27);1H. The molecule has 0 aromatic heterocycles. The van der Waals surface area contributed by atoms with Crippen LogP contribution >= 0.6 is 24.0 Å². The van der Waals surface area contributed by atoms with Crippen LogP contribution in [0.1, 0.15) is 35.1 Å². The van der Waals surface area contributed by atoms with E-state index in [1.807, 2.05) is 29.2 Å². The van der Waals surface area contributed by atoms with Crippen LogP contribution in [-0.4, -0.2) is 43.6 Å². The van der Waals surface area contributed by atoms with Crippen LogP contribution < -0.4 is 16.0 Å². The highest BCUT2D eigenvalue weighted by atomic mass is 127. The second-order valence-corrected chi connectivity index (χ2v) is 7.92. The predicted octanol–water partition coefficient (Wildman–Crippen LogP) is 4.46. The van der Waals surface area contributed by atoms with Crippen LogP contribution in [0.3, 0.4) is 0 Å². The number of carbonyl (C=O) groups excluding carboxylic acids is 1. The Hall–Kier alpha value is -2.29. The van der Waals surface area contributed by atoms with E-state index >= 15 is 0 Å². The molecule has 168 valence electrons. The van der Waals surface area contributed by atoms with E-state index in [1.165, 1.54) is 16.7 Å². The number of rotatable bonds is 6. The highest BCUT2D eigenvalue weighted by molar-refractivity contribution is 14.0. The number of likely N-dealkylation sites (tertiary alicyclic amines) is 1. The van der Waals surface area contributed by atoms with Crippen LogP contribution in [0.25, 0.3) is 0 Å². The zero-order valence-electron chi connectivity index (χ0n) is 18.7. The van der Waals surface area contributed by atoms with Gasteiger partial charge in [-0.15, -0.1) is 24.0 Å². The van der Waals surface area contributed by atoms with Crippen molar-refractivity contribution < 1.29 is 4.79 Å². The molecule has 1 aliphatic heterocycles. The zero-order valence-corrected chi connectivity index (χ0v) is 21.0. The summed E-state index contributed by atoms with van der Waals surface area (Å²) < 4.78 is 0. The van der Waals surface area contributed by atoms with Crippen LogP contribution in [0.4, 0.5) is 10.5 Å². The number of hydrogen-bond donors (Lipinski definition) is 3. The molecule has 6 nitrogen and oxygen atoms in total. The third kappa shape index (κ3) is 8.05. The van der Waals surface area contributed by atoms with Crippen LogP contribution in [0.15, 0.2) is 47.5 Å². The average molecular weight is 535 g/mol. The summed E-state index contributed by atoms with van der Waals surface area (Å²) in [7, 11) is 1.78. The maximum Gasteiger partial charge on any atom is 0.321 e. The highest BCUT2D eigenvalue weighted by Gasteiger charge is 2.17. The van der Waals surface area contributed by atoms with Gasteiger partial charge in [-0.25, -0.2) is 4.79 Å². The number of aryl methyl sites for hydroxylation is 2. The number of nitrogens with zero attached hydrogens (tertiary/aromatic N) is 2. The Balaban J connectivity index is 0.00000341. The number of aliphatic imine (C=N–C) groups is 1. The van der Waals surface area contributed by atoms with Gasteiger partial charge in [-0.1, -0.05) is 41.5 Å². The smallest absolute Gasteiger partial charge is 0.321 e. The molecule has 3 rings (SSSR count). The third-order valence-corrected chi connectivity index (χ3v) is 5.24. The highest BCUT2D eigenvalue weighted by Crippen LogP contribution is 2.14. The van der Waals surface area contributed by atoms with E-state index in [0.29, 0.717) is 6.54 Å². The molecule has 1 fully saturated rings. The Morgan fingerprint density at radius 1 is 1.00 bits per heavy atom. The number of halogens is 1. The molecule has 0 spiro atoms. The van der Waals surface area contributed by atoms with Gasteiger partial charge in [0, 0.05) is 38.9 Å². The molecule has 2 aromatic carbocycles. The number of benzene rings is 2. The van der Waals surface area contributed by atoms with Gasteiger partial charge in [0.1, 0.15) is 0 Å². The topological polar surface area (TPSA) is 68.8 Å². The Morgan fingerprint density at radius 2 is 1.71 bits per heavy atom. The van der Waals surface area contributed by atoms with Crippen molar-refractivity contribution in [3.63, 3.8) is 0 Å². The molecule has 0 aliphatic carbocycles. The lowest BCUT2D eigenvalue weighted by atomic mass is 10.1. The van der Waals surface area contributed by atoms with E-state index < -0.39 is 0 Å². The van der Waals surface area contributed by atoms with E-state index in [4.69, 9.17) is 0 Å². The largest absolute Gasteiger partial charge is 0.356 e. The van der Waals surface area contributed by atoms with E-state index in [2.05, 4.69) is 53.0 Å². The lowest BCUT2D eigenvalue weighted by molar-refractivity contribution is 0.222. The third-order valence-electron chi connectivity index (χ3n) is 5.24. The molecule has 31 heavy (non-hydrogen) atoms. The van der Waals surface area contributed by atoms with Gasteiger partial charge < -0.3 is 20.9 Å². The molecule has 0 unspecified atom stereocenters. The van der Waals surface area contributed by atoms with Crippen molar-refractivity contribution in [2.24, 2.45) is 4.99 Å². The summed E-state index contributed by atoms with van der Waals surface area (Å²) in [6, 6.07) is 14.6. The van der Waals surface area contributed by atoms with Crippen LogP contribution in [-0.2, 0) is 13.0 Å². The summed E-state index contributed by atoms with van der Waals surface area (Å²) >= 11 is 0. The van der Waals surface area contributed by atoms with E-state index in [9.17, 15) is 4.79 Å². The predicted molar refractivity (Wildman–Crippen MR) is 140 cm³/mol. The average Bonchev–Trinajstić information content (AvgIpc) is 3.25. The molecule has 2 amide bonds. The molecule has 1 saturated heterocycles. The van der Waals surface area contributed by atoms with Crippen molar-refractivity contribution in [1.82, 2.24) is 15.5 Å². The van der Waals surface area contributed by atoms with Gasteiger partial charge in [0.15, 0.2) is 5.96 Å². The van der Waals surface area contributed by atoms with E-state index in [0.717, 1.165) is 56.1 Å². The summed E-state index contributed by atoms with van der Waals surface area (Å²) in [4.78, 5) is 18.5. The summed E-state index contributed by atoms with van der Waals surface area (Å²) in [5.74, 6) is 0.769. The minimum absolute atomic E-state index is 0. The maximum atomic E-state index is 12.3. The van der Waals surface area contributed by atoms with E-state index in [-0.39, 0.29) is 30.0 Å². The van der Waals surface area contributed by atoms with Crippen LogP contribution in [0, 0.1) is 13.8 Å². The number of anilines is 1. The molecule has 0 radical (unpaired) electrons. The number of guanidine groups is 1. The first-order valence-electron chi connectivity index (χ1n) is 10.7. The molecular formula is C24H34IN5O. The van der Waals surface area contributed by atoms with Gasteiger partial charge in [-0.2, -0.15) is 0 Å². The molecular weight excluding hydrogens is 501 g/mol. The van der Waals surface area contributed by atoms with Crippen molar-refractivity contribution in [1.29, 1.82) is 0 Å². The Kier molecular flexibility index (Phi) is 10.1. The lowest BCUT2D eigenvalue weighted by Gasteiger charge is -2.17. The minimum atomic E-state index is -0.0125. The van der Waals surface area contributed by atoms with Crippen molar-refractivity contribution in [2.75, 3.05) is 32.0 Å². The normalized spacial score (nSPS) is 13.5. The molecule has 0 saturated carbocycles. The van der Waals surface area contributed by atoms with Gasteiger partial charge in [-0.3, -0.25) is 4.99 Å². The van der Waals surface area contributed by atoms with Crippen molar-refractivity contribution in [3.8, 4) is 0 Å². The number of urea groups is 1. The van der Waals surface area contributed by atoms with Crippen molar-refractivity contribution >= 4 is 41.7 Å². The molecule has 1 heterocycles. The number of hydrogen-bond acceptors (Lipinski definition) is 2. The first kappa shape index (κ1) is 25.0. The second-order valence-electron chi connectivity index (χ2n) is 7.92. The van der Waals surface area contributed by atoms with Crippen LogP contribution in [0.2, 0.25) is 0 Å². The summed E-state index contributed by atoms with van der Waals surface area (Å²) in [6.07, 6.45) is 3.13. The fraction of sp³-hybridized carbons (Fsp3) is 0.417. The Labute approximate surface area is 202 Å². The summed E-state index contributed by atoms with van der Waals surface area (Å²) in [5.41, 5.74) is 5.83. The fourth-order valence-corrected chi connectivity index (χ4v) is 3.83. The fourth-order valence-electron chi connectivity index (χ4n) is 3.83. The first-order valence-corrected chi connectivity index (χ1v) is 10.7. The van der Waals surface area contributed by atoms with Crippen LogP contribution in [0.5, 0.6) is 0 Å². The van der Waals surface area contributed by atoms with Crippen molar-refractivity contribution in [2.45, 2.75) is 39.7 Å². The van der Waals surface area contributed by atoms with Crippen molar-refractivity contribution in [3.05, 3.63) is 64.7 Å². The summed E-state index contributed by atoms with van der Waals surface area (Å²) in [6.45, 7) is 7.40. The second kappa shape index (κ2) is 12.5. The molecule has 3 N–H and O–H groups in total. The maximum absolute atomic E-state index is 12.3. The quantitative estimate of drug-likeness (QED) is 0.291. The SMILES string of the molecule is CN=C(NCCc1cc(C)cc(C)c1)NCc1cccc(NC(=O)N2CCCC2)c1.I. The Morgan fingerprint density at radius 3 is 2.39 bits per heavy atom. The molecule has 2 aromatic rings. The Bertz CT molecular complexity index is 873. The minimum Gasteiger partial charge on any atom is -0.356 e.